The SMILES string of the molecule is C=CC(=C(C)C)[C@]1(C(=O)OCC)Cc2cc(OC)ccc2C1=O. The van der Waals surface area contributed by atoms with E-state index < -0.39 is 11.4 Å². The van der Waals surface area contributed by atoms with E-state index in [1.807, 2.05) is 13.8 Å². The summed E-state index contributed by atoms with van der Waals surface area (Å²) in [6, 6.07) is 5.25. The maximum atomic E-state index is 13.1. The fourth-order valence-corrected chi connectivity index (χ4v) is 3.21. The third-order valence-corrected chi connectivity index (χ3v) is 4.23. The Bertz CT molecular complexity index is 695. The molecule has 0 heterocycles. The van der Waals surface area contributed by atoms with Crippen LogP contribution in [-0.2, 0) is 16.0 Å². The van der Waals surface area contributed by atoms with Crippen molar-refractivity contribution < 1.29 is 19.1 Å². The van der Waals surface area contributed by atoms with E-state index in [0.29, 0.717) is 16.9 Å². The lowest BCUT2D eigenvalue weighted by atomic mass is 9.74. The molecule has 0 fully saturated rings. The highest BCUT2D eigenvalue weighted by Crippen LogP contribution is 2.46. The highest BCUT2D eigenvalue weighted by Gasteiger charge is 2.54. The Balaban J connectivity index is 2.66. The van der Waals surface area contributed by atoms with Crippen molar-refractivity contribution in [2.24, 2.45) is 5.41 Å². The Morgan fingerprint density at radius 2 is 2.09 bits per heavy atom. The van der Waals surface area contributed by atoms with Crippen LogP contribution in [0.2, 0.25) is 0 Å². The Morgan fingerprint density at radius 1 is 1.39 bits per heavy atom. The maximum absolute atomic E-state index is 13.1. The number of Topliss-reactive ketones (excluding diaryl/α,β-unsaturated/α-hetero) is 1. The van der Waals surface area contributed by atoms with Crippen molar-refractivity contribution in [3.63, 3.8) is 0 Å². The number of hydrogen-bond acceptors (Lipinski definition) is 4. The molecule has 1 atom stereocenters. The van der Waals surface area contributed by atoms with Gasteiger partial charge in [-0.3, -0.25) is 9.59 Å². The van der Waals surface area contributed by atoms with Gasteiger partial charge < -0.3 is 9.47 Å². The Labute approximate surface area is 136 Å². The van der Waals surface area contributed by atoms with Crippen LogP contribution in [0.25, 0.3) is 0 Å². The van der Waals surface area contributed by atoms with Gasteiger partial charge in [0.25, 0.3) is 0 Å². The van der Waals surface area contributed by atoms with E-state index in [2.05, 4.69) is 6.58 Å². The van der Waals surface area contributed by atoms with Gasteiger partial charge in [-0.25, -0.2) is 0 Å². The van der Waals surface area contributed by atoms with Crippen LogP contribution in [0, 0.1) is 5.41 Å². The molecule has 0 unspecified atom stereocenters. The molecule has 0 radical (unpaired) electrons. The molecule has 0 amide bonds. The average molecular weight is 314 g/mol. The molecule has 122 valence electrons. The number of carbonyl (C=O) groups is 2. The van der Waals surface area contributed by atoms with Crippen LogP contribution in [0.5, 0.6) is 5.75 Å². The van der Waals surface area contributed by atoms with Crippen molar-refractivity contribution in [3.8, 4) is 5.75 Å². The number of carbonyl (C=O) groups excluding carboxylic acids is 2. The second-order valence-corrected chi connectivity index (χ2v) is 5.77. The van der Waals surface area contributed by atoms with Crippen molar-refractivity contribution in [3.05, 3.63) is 53.1 Å². The van der Waals surface area contributed by atoms with Crippen LogP contribution < -0.4 is 4.74 Å². The van der Waals surface area contributed by atoms with Gasteiger partial charge in [0.15, 0.2) is 11.2 Å². The number of ketones is 1. The molecule has 1 aromatic rings. The van der Waals surface area contributed by atoms with Gasteiger partial charge in [0.1, 0.15) is 5.75 Å². The molecule has 1 aliphatic carbocycles. The van der Waals surface area contributed by atoms with Gasteiger partial charge in [0, 0.05) is 12.0 Å². The summed E-state index contributed by atoms with van der Waals surface area (Å²) in [5.41, 5.74) is 1.49. The van der Waals surface area contributed by atoms with Crippen LogP contribution in [0.3, 0.4) is 0 Å². The normalized spacial score (nSPS) is 19.0. The fraction of sp³-hybridized carbons (Fsp3) is 0.368. The highest BCUT2D eigenvalue weighted by molar-refractivity contribution is 6.19. The van der Waals surface area contributed by atoms with E-state index in [9.17, 15) is 9.59 Å². The maximum Gasteiger partial charge on any atom is 0.324 e. The summed E-state index contributed by atoms with van der Waals surface area (Å²) in [4.78, 5) is 25.9. The van der Waals surface area contributed by atoms with Crippen LogP contribution >= 0.6 is 0 Å². The standard InChI is InChI=1S/C19H22O4/c1-6-16(12(3)4)19(18(21)23-7-2)11-13-10-14(22-5)8-9-15(13)17(19)20/h6,8-10H,1,7,11H2,2-5H3/t19-/m1/s1. The molecule has 4 nitrogen and oxygen atoms in total. The zero-order chi connectivity index (χ0) is 17.2. The Hall–Kier alpha value is -2.36. The average Bonchev–Trinajstić information content (AvgIpc) is 2.81. The van der Waals surface area contributed by atoms with Gasteiger partial charge in [0.2, 0.25) is 0 Å². The van der Waals surface area contributed by atoms with E-state index >= 15 is 0 Å². The largest absolute Gasteiger partial charge is 0.497 e. The van der Waals surface area contributed by atoms with Crippen LogP contribution in [0.4, 0.5) is 0 Å². The molecular formula is C19H22O4. The van der Waals surface area contributed by atoms with Gasteiger partial charge in [-0.2, -0.15) is 0 Å². The molecule has 1 aromatic carbocycles. The number of allylic oxidation sites excluding steroid dienone is 2. The van der Waals surface area contributed by atoms with Crippen molar-refractivity contribution in [1.29, 1.82) is 0 Å². The van der Waals surface area contributed by atoms with Crippen molar-refractivity contribution >= 4 is 11.8 Å². The Kier molecular flexibility index (Phi) is 4.73. The van der Waals surface area contributed by atoms with E-state index in [4.69, 9.17) is 9.47 Å². The third-order valence-electron chi connectivity index (χ3n) is 4.23. The number of esters is 1. The second-order valence-electron chi connectivity index (χ2n) is 5.77. The van der Waals surface area contributed by atoms with Crippen molar-refractivity contribution in [2.75, 3.05) is 13.7 Å². The van der Waals surface area contributed by atoms with Gasteiger partial charge in [-0.15, -0.1) is 0 Å². The van der Waals surface area contributed by atoms with Crippen LogP contribution in [-0.4, -0.2) is 25.5 Å². The molecule has 4 heteroatoms. The smallest absolute Gasteiger partial charge is 0.324 e. The molecule has 23 heavy (non-hydrogen) atoms. The molecule has 0 spiro atoms. The molecule has 0 saturated carbocycles. The topological polar surface area (TPSA) is 52.6 Å². The summed E-state index contributed by atoms with van der Waals surface area (Å²) in [5, 5.41) is 0. The zero-order valence-corrected chi connectivity index (χ0v) is 14.1. The van der Waals surface area contributed by atoms with Crippen LogP contribution in [0.1, 0.15) is 36.7 Å². The predicted octanol–water partition coefficient (Wildman–Crippen LogP) is 3.51. The van der Waals surface area contributed by atoms with E-state index in [0.717, 1.165) is 11.1 Å². The van der Waals surface area contributed by atoms with Crippen LogP contribution in [0.15, 0.2) is 42.0 Å². The number of fused-ring (bicyclic) bond motifs is 1. The summed E-state index contributed by atoms with van der Waals surface area (Å²) >= 11 is 0. The lowest BCUT2D eigenvalue weighted by Gasteiger charge is -2.27. The minimum atomic E-state index is -1.34. The van der Waals surface area contributed by atoms with Gasteiger partial charge >= 0.3 is 5.97 Å². The first kappa shape index (κ1) is 17.0. The monoisotopic (exact) mass is 314 g/mol. The number of hydrogen-bond donors (Lipinski definition) is 0. The first-order valence-electron chi connectivity index (χ1n) is 7.61. The molecule has 0 aromatic heterocycles. The molecule has 0 N–H and O–H groups in total. The number of ether oxygens (including phenoxy) is 2. The zero-order valence-electron chi connectivity index (χ0n) is 14.1. The van der Waals surface area contributed by atoms with E-state index in [-0.39, 0.29) is 18.8 Å². The first-order chi connectivity index (χ1) is 10.9. The quantitative estimate of drug-likeness (QED) is 0.474. The summed E-state index contributed by atoms with van der Waals surface area (Å²) in [6.45, 7) is 9.50. The lowest BCUT2D eigenvalue weighted by molar-refractivity contribution is -0.150. The number of benzene rings is 1. The minimum Gasteiger partial charge on any atom is -0.497 e. The van der Waals surface area contributed by atoms with Gasteiger partial charge in [0.05, 0.1) is 13.7 Å². The number of methoxy groups -OCH3 is 1. The number of rotatable bonds is 5. The molecule has 2 rings (SSSR count). The minimum absolute atomic E-state index is 0.223. The van der Waals surface area contributed by atoms with Crippen molar-refractivity contribution in [2.45, 2.75) is 27.2 Å². The first-order valence-corrected chi connectivity index (χ1v) is 7.61. The molecular weight excluding hydrogens is 292 g/mol. The van der Waals surface area contributed by atoms with Gasteiger partial charge in [-0.1, -0.05) is 18.2 Å². The molecule has 0 aliphatic heterocycles. The molecule has 0 bridgehead atoms. The fourth-order valence-electron chi connectivity index (χ4n) is 3.21. The predicted molar refractivity (Wildman–Crippen MR) is 88.7 cm³/mol. The van der Waals surface area contributed by atoms with E-state index in [1.54, 1.807) is 38.3 Å². The highest BCUT2D eigenvalue weighted by atomic mass is 16.5. The summed E-state index contributed by atoms with van der Waals surface area (Å²) in [7, 11) is 1.57. The second kappa shape index (κ2) is 6.41. The molecule has 1 aliphatic rings. The van der Waals surface area contributed by atoms with E-state index in [1.165, 1.54) is 0 Å². The third kappa shape index (κ3) is 2.58. The summed E-state index contributed by atoms with van der Waals surface area (Å²) in [6.07, 6.45) is 1.86. The summed E-state index contributed by atoms with van der Waals surface area (Å²) < 4.78 is 10.5. The van der Waals surface area contributed by atoms with Gasteiger partial charge in [-0.05, 0) is 50.1 Å². The Morgan fingerprint density at radius 3 is 2.61 bits per heavy atom. The van der Waals surface area contributed by atoms with Crippen molar-refractivity contribution in [1.82, 2.24) is 0 Å². The summed E-state index contributed by atoms with van der Waals surface area (Å²) in [5.74, 6) is -0.0884. The lowest BCUT2D eigenvalue weighted by Crippen LogP contribution is -2.40. The molecule has 0 saturated heterocycles.